The molecule has 1 fully saturated rings. The van der Waals surface area contributed by atoms with Gasteiger partial charge in [-0.25, -0.2) is 0 Å². The van der Waals surface area contributed by atoms with Crippen LogP contribution in [0.5, 0.6) is 5.75 Å². The van der Waals surface area contributed by atoms with Crippen LogP contribution in [0.1, 0.15) is 33.1 Å². The Bertz CT molecular complexity index is 601. The molecule has 2 N–H and O–H groups in total. The molecule has 2 aromatic rings. The van der Waals surface area contributed by atoms with E-state index in [2.05, 4.69) is 18.8 Å². The predicted molar refractivity (Wildman–Crippen MR) is 82.8 cm³/mol. The summed E-state index contributed by atoms with van der Waals surface area (Å²) in [5, 5.41) is 1.01. The van der Waals surface area contributed by atoms with Gasteiger partial charge in [-0.05, 0) is 55.4 Å². The van der Waals surface area contributed by atoms with Crippen molar-refractivity contribution in [3.63, 3.8) is 0 Å². The summed E-state index contributed by atoms with van der Waals surface area (Å²) in [5.41, 5.74) is 7.53. The summed E-state index contributed by atoms with van der Waals surface area (Å²) in [6, 6.07) is 7.83. The van der Waals surface area contributed by atoms with Crippen molar-refractivity contribution in [2.75, 3.05) is 5.73 Å². The lowest BCUT2D eigenvalue weighted by Gasteiger charge is -2.32. The third-order valence-electron chi connectivity index (χ3n) is 4.19. The summed E-state index contributed by atoms with van der Waals surface area (Å²) in [5.74, 6) is 2.39. The van der Waals surface area contributed by atoms with E-state index in [0.29, 0.717) is 11.8 Å². The van der Waals surface area contributed by atoms with Gasteiger partial charge >= 0.3 is 0 Å². The van der Waals surface area contributed by atoms with E-state index in [1.807, 2.05) is 24.3 Å². The van der Waals surface area contributed by atoms with E-state index < -0.39 is 0 Å². The number of benzene rings is 1. The lowest BCUT2D eigenvalue weighted by molar-refractivity contribution is 0.102. The molecular formula is C17H22N2O. The molecule has 0 radical (unpaired) electrons. The molecular weight excluding hydrogens is 248 g/mol. The molecule has 1 aliphatic rings. The highest BCUT2D eigenvalue weighted by atomic mass is 16.5. The molecule has 1 aliphatic carbocycles. The van der Waals surface area contributed by atoms with Crippen molar-refractivity contribution < 1.29 is 4.74 Å². The zero-order valence-corrected chi connectivity index (χ0v) is 12.2. The van der Waals surface area contributed by atoms with Crippen LogP contribution in [0.3, 0.4) is 0 Å². The Morgan fingerprint density at radius 2 is 1.85 bits per heavy atom. The van der Waals surface area contributed by atoms with Gasteiger partial charge in [0.2, 0.25) is 0 Å². The number of hydrogen-bond acceptors (Lipinski definition) is 3. The molecule has 106 valence electrons. The van der Waals surface area contributed by atoms with Crippen LogP contribution in [0.15, 0.2) is 30.5 Å². The fraction of sp³-hybridized carbons (Fsp3) is 0.471. The van der Waals surface area contributed by atoms with Crippen LogP contribution < -0.4 is 10.5 Å². The average molecular weight is 270 g/mol. The lowest BCUT2D eigenvalue weighted by atomic mass is 9.82. The minimum Gasteiger partial charge on any atom is -0.490 e. The van der Waals surface area contributed by atoms with E-state index in [4.69, 9.17) is 10.5 Å². The van der Waals surface area contributed by atoms with Gasteiger partial charge in [0.1, 0.15) is 5.75 Å². The van der Waals surface area contributed by atoms with Crippen molar-refractivity contribution in [1.29, 1.82) is 0 Å². The van der Waals surface area contributed by atoms with Crippen molar-refractivity contribution >= 4 is 16.6 Å². The summed E-state index contributed by atoms with van der Waals surface area (Å²) in [4.78, 5) is 4.36. The number of nitrogens with two attached hydrogens (primary N) is 1. The maximum absolute atomic E-state index is 6.27. The molecule has 2 unspecified atom stereocenters. The van der Waals surface area contributed by atoms with Crippen molar-refractivity contribution in [3.05, 3.63) is 30.5 Å². The topological polar surface area (TPSA) is 48.1 Å². The highest BCUT2D eigenvalue weighted by molar-refractivity contribution is 5.93. The molecule has 20 heavy (non-hydrogen) atoms. The molecule has 0 saturated heterocycles. The maximum atomic E-state index is 6.27. The fourth-order valence-corrected chi connectivity index (χ4v) is 3.42. The second kappa shape index (κ2) is 5.31. The Morgan fingerprint density at radius 3 is 2.60 bits per heavy atom. The van der Waals surface area contributed by atoms with E-state index in [1.54, 1.807) is 6.20 Å². The molecule has 1 aromatic heterocycles. The van der Waals surface area contributed by atoms with Gasteiger partial charge in [0.05, 0.1) is 17.3 Å². The number of anilines is 1. The Balaban J connectivity index is 1.89. The third kappa shape index (κ3) is 2.58. The van der Waals surface area contributed by atoms with E-state index in [0.717, 1.165) is 41.3 Å². The average Bonchev–Trinajstić information content (AvgIpc) is 2.41. The molecule has 3 heteroatoms. The van der Waals surface area contributed by atoms with Crippen LogP contribution in [-0.2, 0) is 0 Å². The summed E-state index contributed by atoms with van der Waals surface area (Å²) in [6.07, 6.45) is 5.66. The van der Waals surface area contributed by atoms with Gasteiger partial charge in [-0.15, -0.1) is 0 Å². The Hall–Kier alpha value is -1.77. The third-order valence-corrected chi connectivity index (χ3v) is 4.19. The monoisotopic (exact) mass is 270 g/mol. The van der Waals surface area contributed by atoms with Gasteiger partial charge in [0.25, 0.3) is 0 Å². The zero-order chi connectivity index (χ0) is 14.1. The van der Waals surface area contributed by atoms with Gasteiger partial charge in [0, 0.05) is 11.6 Å². The van der Waals surface area contributed by atoms with E-state index >= 15 is 0 Å². The SMILES string of the molecule is CC1CC(C)CC(Oc2ccc(N)c3ncccc23)C1. The summed E-state index contributed by atoms with van der Waals surface area (Å²) in [7, 11) is 0. The van der Waals surface area contributed by atoms with Gasteiger partial charge in [-0.3, -0.25) is 4.98 Å². The molecule has 1 heterocycles. The molecule has 1 aromatic carbocycles. The van der Waals surface area contributed by atoms with Gasteiger partial charge in [-0.2, -0.15) is 0 Å². The standard InChI is InChI=1S/C17H22N2O/c1-11-8-12(2)10-13(9-11)20-16-6-5-15(18)17-14(16)4-3-7-19-17/h3-7,11-13H,8-10,18H2,1-2H3. The first-order chi connectivity index (χ1) is 9.63. The van der Waals surface area contributed by atoms with Crippen LogP contribution in [0.4, 0.5) is 5.69 Å². The predicted octanol–water partition coefficient (Wildman–Crippen LogP) is 4.02. The molecule has 0 bridgehead atoms. The maximum Gasteiger partial charge on any atom is 0.129 e. The lowest BCUT2D eigenvalue weighted by Crippen LogP contribution is -2.28. The quantitative estimate of drug-likeness (QED) is 0.838. The minimum atomic E-state index is 0.306. The fourth-order valence-electron chi connectivity index (χ4n) is 3.42. The second-order valence-corrected chi connectivity index (χ2v) is 6.21. The number of pyridine rings is 1. The number of ether oxygens (including phenoxy) is 1. The molecule has 0 spiro atoms. The first-order valence-corrected chi connectivity index (χ1v) is 7.43. The first kappa shape index (κ1) is 13.2. The summed E-state index contributed by atoms with van der Waals surface area (Å²) >= 11 is 0. The van der Waals surface area contributed by atoms with Gasteiger partial charge < -0.3 is 10.5 Å². The molecule has 3 nitrogen and oxygen atoms in total. The summed E-state index contributed by atoms with van der Waals surface area (Å²) in [6.45, 7) is 4.63. The zero-order valence-electron chi connectivity index (χ0n) is 12.2. The number of nitrogens with zero attached hydrogens (tertiary/aromatic N) is 1. The Labute approximate surface area is 120 Å². The summed E-state index contributed by atoms with van der Waals surface area (Å²) < 4.78 is 6.27. The van der Waals surface area contributed by atoms with E-state index in [9.17, 15) is 0 Å². The van der Waals surface area contributed by atoms with E-state index in [1.165, 1.54) is 6.42 Å². The number of rotatable bonds is 2. The van der Waals surface area contributed by atoms with Crippen LogP contribution in [-0.4, -0.2) is 11.1 Å². The van der Waals surface area contributed by atoms with Crippen molar-refractivity contribution in [2.24, 2.45) is 11.8 Å². The van der Waals surface area contributed by atoms with Crippen LogP contribution >= 0.6 is 0 Å². The first-order valence-electron chi connectivity index (χ1n) is 7.43. The molecule has 1 saturated carbocycles. The smallest absolute Gasteiger partial charge is 0.129 e. The van der Waals surface area contributed by atoms with Crippen LogP contribution in [0.25, 0.3) is 10.9 Å². The van der Waals surface area contributed by atoms with E-state index in [-0.39, 0.29) is 0 Å². The molecule has 3 rings (SSSR count). The molecule has 0 amide bonds. The van der Waals surface area contributed by atoms with Crippen molar-refractivity contribution in [3.8, 4) is 5.75 Å². The highest BCUT2D eigenvalue weighted by Crippen LogP contribution is 2.34. The van der Waals surface area contributed by atoms with Crippen LogP contribution in [0, 0.1) is 11.8 Å². The second-order valence-electron chi connectivity index (χ2n) is 6.21. The largest absolute Gasteiger partial charge is 0.490 e. The Morgan fingerprint density at radius 1 is 1.10 bits per heavy atom. The Kier molecular flexibility index (Phi) is 3.51. The van der Waals surface area contributed by atoms with Crippen molar-refractivity contribution in [1.82, 2.24) is 4.98 Å². The minimum absolute atomic E-state index is 0.306. The molecule has 0 aliphatic heterocycles. The highest BCUT2D eigenvalue weighted by Gasteiger charge is 2.25. The number of aromatic nitrogens is 1. The molecule has 2 atom stereocenters. The number of hydrogen-bond donors (Lipinski definition) is 1. The normalized spacial score (nSPS) is 26.6. The van der Waals surface area contributed by atoms with Gasteiger partial charge in [-0.1, -0.05) is 13.8 Å². The number of nitrogen functional groups attached to an aromatic ring is 1. The van der Waals surface area contributed by atoms with Gasteiger partial charge in [0.15, 0.2) is 0 Å². The number of fused-ring (bicyclic) bond motifs is 1. The van der Waals surface area contributed by atoms with Crippen molar-refractivity contribution in [2.45, 2.75) is 39.2 Å². The van der Waals surface area contributed by atoms with Crippen LogP contribution in [0.2, 0.25) is 0 Å².